The number of pyridine rings is 1. The van der Waals surface area contributed by atoms with E-state index in [1.165, 1.54) is 24.8 Å². The van der Waals surface area contributed by atoms with Gasteiger partial charge in [0, 0.05) is 18.3 Å². The van der Waals surface area contributed by atoms with Crippen molar-refractivity contribution in [1.29, 1.82) is 0 Å². The van der Waals surface area contributed by atoms with E-state index in [2.05, 4.69) is 16.6 Å². The molecule has 19 heavy (non-hydrogen) atoms. The largest absolute Gasteiger partial charge is 0.328 e. The lowest BCUT2D eigenvalue weighted by Gasteiger charge is -2.28. The Balaban J connectivity index is 2.02. The molecule has 1 aliphatic rings. The van der Waals surface area contributed by atoms with Crippen molar-refractivity contribution in [2.24, 2.45) is 5.92 Å². The molecule has 5 nitrogen and oxygen atoms in total. The van der Waals surface area contributed by atoms with Crippen LogP contribution < -0.4 is 10.3 Å². The Morgan fingerprint density at radius 1 is 1.26 bits per heavy atom. The van der Waals surface area contributed by atoms with Gasteiger partial charge in [-0.1, -0.05) is 13.3 Å². The molecule has 1 aliphatic carbocycles. The van der Waals surface area contributed by atoms with Crippen molar-refractivity contribution in [3.8, 4) is 0 Å². The van der Waals surface area contributed by atoms with Gasteiger partial charge in [-0.15, -0.1) is 0 Å². The molecule has 0 radical (unpaired) electrons. The molecule has 1 fully saturated rings. The van der Waals surface area contributed by atoms with Gasteiger partial charge in [-0.25, -0.2) is 13.1 Å². The van der Waals surface area contributed by atoms with Crippen LogP contribution in [0.4, 0.5) is 0 Å². The summed E-state index contributed by atoms with van der Waals surface area (Å²) in [5.74, 6) is 0.730. The standard InChI is InChI=1S/C13H20N2O3S/c1-2-10-3-5-11(6-4-10)15-19(17,18)12-7-8-13(16)14-9-12/h7-11,15H,2-6H2,1H3,(H,14,16). The molecule has 106 valence electrons. The second kappa shape index (κ2) is 5.88. The van der Waals surface area contributed by atoms with Gasteiger partial charge >= 0.3 is 0 Å². The van der Waals surface area contributed by atoms with Crippen LogP contribution in [0.3, 0.4) is 0 Å². The topological polar surface area (TPSA) is 79.0 Å². The van der Waals surface area contributed by atoms with Gasteiger partial charge in [0.25, 0.3) is 0 Å². The molecule has 2 rings (SSSR count). The highest BCUT2D eigenvalue weighted by atomic mass is 32.2. The first-order valence-corrected chi connectivity index (χ1v) is 8.20. The minimum absolute atomic E-state index is 0.0136. The molecule has 0 atom stereocenters. The molecule has 1 aromatic rings. The third kappa shape index (κ3) is 3.67. The van der Waals surface area contributed by atoms with Gasteiger partial charge in [0.2, 0.25) is 15.6 Å². The van der Waals surface area contributed by atoms with Crippen LogP contribution in [0, 0.1) is 5.92 Å². The fourth-order valence-corrected chi connectivity index (χ4v) is 3.81. The van der Waals surface area contributed by atoms with E-state index in [0.29, 0.717) is 0 Å². The quantitative estimate of drug-likeness (QED) is 0.882. The first-order chi connectivity index (χ1) is 9.01. The molecule has 1 heterocycles. The maximum Gasteiger partial charge on any atom is 0.247 e. The highest BCUT2D eigenvalue weighted by molar-refractivity contribution is 7.89. The summed E-state index contributed by atoms with van der Waals surface area (Å²) in [7, 11) is -3.52. The Hall–Kier alpha value is -1.14. The van der Waals surface area contributed by atoms with Crippen molar-refractivity contribution in [1.82, 2.24) is 9.71 Å². The third-order valence-electron chi connectivity index (χ3n) is 3.81. The van der Waals surface area contributed by atoms with E-state index in [9.17, 15) is 13.2 Å². The zero-order chi connectivity index (χ0) is 13.9. The first kappa shape index (κ1) is 14.3. The van der Waals surface area contributed by atoms with E-state index in [-0.39, 0.29) is 16.5 Å². The van der Waals surface area contributed by atoms with Crippen molar-refractivity contribution in [2.45, 2.75) is 50.0 Å². The minimum Gasteiger partial charge on any atom is -0.328 e. The molecule has 1 aromatic heterocycles. The Morgan fingerprint density at radius 2 is 1.95 bits per heavy atom. The summed E-state index contributed by atoms with van der Waals surface area (Å²) in [6.07, 6.45) is 6.34. The van der Waals surface area contributed by atoms with Gasteiger partial charge in [-0.05, 0) is 37.7 Å². The van der Waals surface area contributed by atoms with Gasteiger partial charge in [-0.2, -0.15) is 0 Å². The lowest BCUT2D eigenvalue weighted by atomic mass is 9.85. The van der Waals surface area contributed by atoms with Gasteiger partial charge in [0.15, 0.2) is 0 Å². The van der Waals surface area contributed by atoms with Crippen LogP contribution in [0.25, 0.3) is 0 Å². The summed E-state index contributed by atoms with van der Waals surface area (Å²) in [4.78, 5) is 13.4. The number of aromatic nitrogens is 1. The van der Waals surface area contributed by atoms with Gasteiger partial charge in [0.1, 0.15) is 0 Å². The predicted octanol–water partition coefficient (Wildman–Crippen LogP) is 1.62. The lowest BCUT2D eigenvalue weighted by Crippen LogP contribution is -2.37. The van der Waals surface area contributed by atoms with Crippen molar-refractivity contribution >= 4 is 10.0 Å². The summed E-state index contributed by atoms with van der Waals surface area (Å²) < 4.78 is 27.0. The number of hydrogen-bond donors (Lipinski definition) is 2. The van der Waals surface area contributed by atoms with E-state index < -0.39 is 10.0 Å². The molecule has 0 amide bonds. The molecule has 0 bridgehead atoms. The maximum atomic E-state index is 12.1. The van der Waals surface area contributed by atoms with Crippen molar-refractivity contribution in [3.63, 3.8) is 0 Å². The second-order valence-corrected chi connectivity index (χ2v) is 6.85. The maximum absolute atomic E-state index is 12.1. The number of H-pyrrole nitrogens is 1. The van der Waals surface area contributed by atoms with Crippen LogP contribution in [0.2, 0.25) is 0 Å². The van der Waals surface area contributed by atoms with E-state index >= 15 is 0 Å². The zero-order valence-electron chi connectivity index (χ0n) is 11.1. The molecule has 0 aromatic carbocycles. The highest BCUT2D eigenvalue weighted by Gasteiger charge is 2.24. The summed E-state index contributed by atoms with van der Waals surface area (Å²) in [5.41, 5.74) is -0.303. The van der Waals surface area contributed by atoms with E-state index in [1.54, 1.807) is 0 Å². The summed E-state index contributed by atoms with van der Waals surface area (Å²) >= 11 is 0. The number of hydrogen-bond acceptors (Lipinski definition) is 3. The average molecular weight is 284 g/mol. The van der Waals surface area contributed by atoms with Gasteiger partial charge in [0.05, 0.1) is 4.90 Å². The van der Waals surface area contributed by atoms with Crippen molar-refractivity contribution < 1.29 is 8.42 Å². The number of sulfonamides is 1. The molecule has 0 aliphatic heterocycles. The summed E-state index contributed by atoms with van der Waals surface area (Å²) in [5, 5.41) is 0. The molecule has 1 saturated carbocycles. The Bertz CT molecular complexity index is 551. The first-order valence-electron chi connectivity index (χ1n) is 6.72. The van der Waals surface area contributed by atoms with E-state index in [1.807, 2.05) is 0 Å². The van der Waals surface area contributed by atoms with Gasteiger partial charge in [-0.3, -0.25) is 4.79 Å². The van der Waals surface area contributed by atoms with Crippen LogP contribution >= 0.6 is 0 Å². The minimum atomic E-state index is -3.52. The number of nitrogens with one attached hydrogen (secondary N) is 2. The molecular weight excluding hydrogens is 264 g/mol. The second-order valence-electron chi connectivity index (χ2n) is 5.14. The van der Waals surface area contributed by atoms with E-state index in [0.717, 1.165) is 31.6 Å². The molecular formula is C13H20N2O3S. The van der Waals surface area contributed by atoms with Gasteiger partial charge < -0.3 is 4.98 Å². The monoisotopic (exact) mass is 284 g/mol. The van der Waals surface area contributed by atoms with Crippen LogP contribution in [-0.2, 0) is 10.0 Å². The Kier molecular flexibility index (Phi) is 4.42. The average Bonchev–Trinajstić information content (AvgIpc) is 2.40. The van der Waals surface area contributed by atoms with Crippen molar-refractivity contribution in [3.05, 3.63) is 28.7 Å². The number of aromatic amines is 1. The molecule has 0 unspecified atom stereocenters. The van der Waals surface area contributed by atoms with Crippen LogP contribution in [0.1, 0.15) is 39.0 Å². The SMILES string of the molecule is CCC1CCC(NS(=O)(=O)c2ccc(=O)[nH]c2)CC1. The number of rotatable bonds is 4. The lowest BCUT2D eigenvalue weighted by molar-refractivity contribution is 0.306. The van der Waals surface area contributed by atoms with Crippen LogP contribution in [0.5, 0.6) is 0 Å². The Labute approximate surface area is 113 Å². The van der Waals surface area contributed by atoms with Crippen molar-refractivity contribution in [2.75, 3.05) is 0 Å². The molecule has 0 saturated heterocycles. The molecule has 6 heteroatoms. The summed E-state index contributed by atoms with van der Waals surface area (Å²) in [6.45, 7) is 2.18. The predicted molar refractivity (Wildman–Crippen MR) is 73.4 cm³/mol. The third-order valence-corrected chi connectivity index (χ3v) is 5.33. The van der Waals surface area contributed by atoms with Crippen LogP contribution in [-0.4, -0.2) is 19.4 Å². The summed E-state index contributed by atoms with van der Waals surface area (Å²) in [6, 6.07) is 2.57. The van der Waals surface area contributed by atoms with E-state index in [4.69, 9.17) is 0 Å². The fraction of sp³-hybridized carbons (Fsp3) is 0.615. The normalized spacial score (nSPS) is 24.3. The highest BCUT2D eigenvalue weighted by Crippen LogP contribution is 2.27. The van der Waals surface area contributed by atoms with Crippen LogP contribution in [0.15, 0.2) is 28.0 Å². The smallest absolute Gasteiger partial charge is 0.247 e. The molecule has 2 N–H and O–H groups in total. The fourth-order valence-electron chi connectivity index (χ4n) is 2.54. The zero-order valence-corrected chi connectivity index (χ0v) is 11.9. The Morgan fingerprint density at radius 3 is 2.47 bits per heavy atom. The molecule has 0 spiro atoms.